The summed E-state index contributed by atoms with van der Waals surface area (Å²) in [6.07, 6.45) is 4.84. The zero-order valence-electron chi connectivity index (χ0n) is 14.5. The van der Waals surface area contributed by atoms with Gasteiger partial charge in [-0.25, -0.2) is 0 Å². The fourth-order valence-electron chi connectivity index (χ4n) is 3.23. The van der Waals surface area contributed by atoms with Gasteiger partial charge in [0.25, 0.3) is 11.6 Å². The molecule has 0 spiro atoms. The second kappa shape index (κ2) is 8.10. The molecule has 3 atom stereocenters. The van der Waals surface area contributed by atoms with E-state index in [0.717, 1.165) is 6.42 Å². The van der Waals surface area contributed by atoms with Crippen LogP contribution in [0.25, 0.3) is 0 Å². The summed E-state index contributed by atoms with van der Waals surface area (Å²) < 4.78 is 5.15. The number of hydrogen-bond acceptors (Lipinski definition) is 4. The minimum atomic E-state index is -0.491. The van der Waals surface area contributed by atoms with Crippen molar-refractivity contribution in [3.05, 3.63) is 28.3 Å². The Balaban J connectivity index is 2.01. The van der Waals surface area contributed by atoms with Crippen molar-refractivity contribution in [3.63, 3.8) is 0 Å². The van der Waals surface area contributed by atoms with Gasteiger partial charge in [-0.05, 0) is 32.3 Å². The summed E-state index contributed by atoms with van der Waals surface area (Å²) in [5.41, 5.74) is 0.380. The molecule has 0 unspecified atom stereocenters. The van der Waals surface area contributed by atoms with Crippen LogP contribution in [-0.4, -0.2) is 30.0 Å². The van der Waals surface area contributed by atoms with E-state index in [2.05, 4.69) is 17.6 Å². The zero-order valence-corrected chi connectivity index (χ0v) is 14.5. The fourth-order valence-corrected chi connectivity index (χ4v) is 3.23. The molecule has 3 N–H and O–H groups in total. The molecule has 0 saturated heterocycles. The summed E-state index contributed by atoms with van der Waals surface area (Å²) in [4.78, 5) is 22.8. The van der Waals surface area contributed by atoms with E-state index in [1.807, 2.05) is 6.92 Å². The molecule has 1 saturated carbocycles. The first-order valence-corrected chi connectivity index (χ1v) is 8.40. The van der Waals surface area contributed by atoms with Gasteiger partial charge in [-0.15, -0.1) is 0 Å². The number of benzene rings is 1. The number of non-ortho nitro benzene ring substituents is 1. The van der Waals surface area contributed by atoms with Crippen molar-refractivity contribution < 1.29 is 19.8 Å². The average molecular weight is 336 g/mol. The number of nitrogens with one attached hydrogen (secondary N) is 1. The van der Waals surface area contributed by atoms with Gasteiger partial charge in [0.05, 0.1) is 29.8 Å². The number of nitro groups is 1. The number of methoxy groups -OCH3 is 1. The lowest BCUT2D eigenvalue weighted by atomic mass is 9.85. The lowest BCUT2D eigenvalue weighted by Crippen LogP contribution is -2.97. The Bertz CT molecular complexity index is 605. The molecule has 0 heterocycles. The molecule has 0 bridgehead atoms. The number of carbonyl (C=O) groups is 1. The Labute approximate surface area is 141 Å². The quantitative estimate of drug-likeness (QED) is 0.614. The maximum atomic E-state index is 12.4. The number of nitrogens with zero attached hydrogens (tertiary/aromatic N) is 1. The summed E-state index contributed by atoms with van der Waals surface area (Å²) in [6, 6.07) is 4.42. The molecule has 1 aliphatic rings. The van der Waals surface area contributed by atoms with Crippen LogP contribution in [0, 0.1) is 16.0 Å². The second-order valence-corrected chi connectivity index (χ2v) is 6.54. The van der Waals surface area contributed by atoms with Gasteiger partial charge >= 0.3 is 0 Å². The molecule has 1 aliphatic carbocycles. The summed E-state index contributed by atoms with van der Waals surface area (Å²) in [7, 11) is 1.42. The van der Waals surface area contributed by atoms with Gasteiger partial charge in [0.2, 0.25) is 0 Å². The Kier molecular flexibility index (Phi) is 6.14. The van der Waals surface area contributed by atoms with Crippen LogP contribution in [0.5, 0.6) is 5.75 Å². The van der Waals surface area contributed by atoms with Gasteiger partial charge in [-0.3, -0.25) is 14.9 Å². The molecule has 132 valence electrons. The minimum Gasteiger partial charge on any atom is -0.494 e. The van der Waals surface area contributed by atoms with Gasteiger partial charge < -0.3 is 15.4 Å². The molecular formula is C17H26N3O4+. The second-order valence-electron chi connectivity index (χ2n) is 6.54. The van der Waals surface area contributed by atoms with E-state index in [-0.39, 0.29) is 23.4 Å². The monoisotopic (exact) mass is 336 g/mol. The van der Waals surface area contributed by atoms with E-state index >= 15 is 0 Å². The standard InChI is InChI=1S/C17H25N3O4/c1-11-6-4-5-7-14(11)18-12(2)17(21)19-15-9-8-13(20(22)23)10-16(15)24-3/h8-12,14,18H,4-7H2,1-3H3,(H,19,21)/p+1/t11-,12+,14+/m1/s1. The molecule has 24 heavy (non-hydrogen) atoms. The Morgan fingerprint density at radius 3 is 2.75 bits per heavy atom. The van der Waals surface area contributed by atoms with Gasteiger partial charge in [0, 0.05) is 12.0 Å². The number of nitro benzene ring substituents is 1. The maximum Gasteiger partial charge on any atom is 0.282 e. The van der Waals surface area contributed by atoms with Crippen LogP contribution in [0.2, 0.25) is 0 Å². The number of amides is 1. The zero-order chi connectivity index (χ0) is 17.7. The van der Waals surface area contributed by atoms with Gasteiger partial charge in [0.1, 0.15) is 5.75 Å². The Morgan fingerprint density at radius 1 is 1.42 bits per heavy atom. The van der Waals surface area contributed by atoms with Crippen molar-refractivity contribution in [1.29, 1.82) is 0 Å². The Hall–Kier alpha value is -2.15. The van der Waals surface area contributed by atoms with Crippen molar-refractivity contribution >= 4 is 17.3 Å². The molecule has 7 nitrogen and oxygen atoms in total. The number of nitrogens with two attached hydrogens (primary N) is 1. The Morgan fingerprint density at radius 2 is 2.12 bits per heavy atom. The summed E-state index contributed by atoms with van der Waals surface area (Å²) in [5.74, 6) is 0.777. The lowest BCUT2D eigenvalue weighted by Gasteiger charge is -2.28. The molecule has 2 rings (SSSR count). The topological polar surface area (TPSA) is 98.1 Å². The molecule has 0 aliphatic heterocycles. The first-order chi connectivity index (χ1) is 11.4. The largest absolute Gasteiger partial charge is 0.494 e. The molecular weight excluding hydrogens is 310 g/mol. The van der Waals surface area contributed by atoms with Crippen LogP contribution in [0.4, 0.5) is 11.4 Å². The van der Waals surface area contributed by atoms with Gasteiger partial charge in [0.15, 0.2) is 6.04 Å². The average Bonchev–Trinajstić information content (AvgIpc) is 2.56. The van der Waals surface area contributed by atoms with E-state index in [1.54, 1.807) is 0 Å². The highest BCUT2D eigenvalue weighted by Gasteiger charge is 2.29. The number of anilines is 1. The van der Waals surface area contributed by atoms with Crippen LogP contribution >= 0.6 is 0 Å². The fraction of sp³-hybridized carbons (Fsp3) is 0.588. The van der Waals surface area contributed by atoms with Crippen LogP contribution in [0.15, 0.2) is 18.2 Å². The summed E-state index contributed by atoms with van der Waals surface area (Å²) >= 11 is 0. The van der Waals surface area contributed by atoms with Gasteiger partial charge in [-0.1, -0.05) is 13.3 Å². The smallest absolute Gasteiger partial charge is 0.282 e. The maximum absolute atomic E-state index is 12.4. The number of carbonyl (C=O) groups excluding carboxylic acids is 1. The molecule has 0 radical (unpaired) electrons. The first-order valence-electron chi connectivity index (χ1n) is 8.40. The van der Waals surface area contributed by atoms with Crippen molar-refractivity contribution in [3.8, 4) is 5.75 Å². The normalized spacial score (nSPS) is 21.8. The van der Waals surface area contributed by atoms with E-state index in [9.17, 15) is 14.9 Å². The third-order valence-corrected chi connectivity index (χ3v) is 4.78. The number of hydrogen-bond donors (Lipinski definition) is 2. The van der Waals surface area contributed by atoms with Crippen molar-refractivity contribution in [2.75, 3.05) is 12.4 Å². The highest BCUT2D eigenvalue weighted by atomic mass is 16.6. The van der Waals surface area contributed by atoms with E-state index in [4.69, 9.17) is 4.74 Å². The number of quaternary nitrogens is 1. The lowest BCUT2D eigenvalue weighted by molar-refractivity contribution is -0.714. The molecule has 1 amide bonds. The molecule has 0 aromatic heterocycles. The minimum absolute atomic E-state index is 0.0690. The predicted molar refractivity (Wildman–Crippen MR) is 91.1 cm³/mol. The van der Waals surface area contributed by atoms with Crippen molar-refractivity contribution in [2.45, 2.75) is 51.6 Å². The van der Waals surface area contributed by atoms with Crippen LogP contribution < -0.4 is 15.4 Å². The van der Waals surface area contributed by atoms with E-state index < -0.39 is 4.92 Å². The molecule has 7 heteroatoms. The van der Waals surface area contributed by atoms with Crippen molar-refractivity contribution in [2.24, 2.45) is 5.92 Å². The summed E-state index contributed by atoms with van der Waals surface area (Å²) in [6.45, 7) is 4.12. The summed E-state index contributed by atoms with van der Waals surface area (Å²) in [5, 5.41) is 15.8. The predicted octanol–water partition coefficient (Wildman–Crippen LogP) is 2.07. The van der Waals surface area contributed by atoms with Gasteiger partial charge in [-0.2, -0.15) is 0 Å². The third-order valence-electron chi connectivity index (χ3n) is 4.78. The molecule has 1 aromatic rings. The highest BCUT2D eigenvalue weighted by molar-refractivity contribution is 5.95. The van der Waals surface area contributed by atoms with E-state index in [0.29, 0.717) is 17.6 Å². The van der Waals surface area contributed by atoms with Crippen LogP contribution in [-0.2, 0) is 4.79 Å². The van der Waals surface area contributed by atoms with E-state index in [1.165, 1.54) is 44.6 Å². The van der Waals surface area contributed by atoms with Crippen molar-refractivity contribution in [1.82, 2.24) is 0 Å². The van der Waals surface area contributed by atoms with Crippen LogP contribution in [0.1, 0.15) is 39.5 Å². The number of ether oxygens (including phenoxy) is 1. The molecule has 1 aromatic carbocycles. The third kappa shape index (κ3) is 4.44. The SMILES string of the molecule is COc1cc([N+](=O)[O-])ccc1NC(=O)[C@H](C)[NH2+][C@H]1CCCC[C@H]1C. The molecule has 1 fully saturated rings. The first kappa shape index (κ1) is 18.2. The van der Waals surface area contributed by atoms with Crippen LogP contribution in [0.3, 0.4) is 0 Å². The highest BCUT2D eigenvalue weighted by Crippen LogP contribution is 2.29. The number of rotatable bonds is 6.